The zero-order chi connectivity index (χ0) is 34.8. The molecular weight excluding hydrogens is 620 g/mol. The van der Waals surface area contributed by atoms with Crippen LogP contribution in [0.25, 0.3) is 0 Å². The molecule has 3 rings (SSSR count). The van der Waals surface area contributed by atoms with Crippen LogP contribution < -0.4 is 29.2 Å². The lowest BCUT2D eigenvalue weighted by molar-refractivity contribution is -0.157. The fourth-order valence-corrected chi connectivity index (χ4v) is 3.98. The lowest BCUT2D eigenvalue weighted by atomic mass is 10.1. The molecule has 1 amide bonds. The van der Waals surface area contributed by atoms with E-state index in [0.717, 1.165) is 31.7 Å². The van der Waals surface area contributed by atoms with Gasteiger partial charge in [0.25, 0.3) is 5.91 Å². The molecule has 15 nitrogen and oxygen atoms in total. The van der Waals surface area contributed by atoms with Gasteiger partial charge in [-0.1, -0.05) is 0 Å². The van der Waals surface area contributed by atoms with Crippen LogP contribution in [0.1, 0.15) is 34.6 Å². The molecular formula is C32H32N2O13. The number of amides is 1. The van der Waals surface area contributed by atoms with Gasteiger partial charge in [-0.15, -0.1) is 0 Å². The molecule has 0 unspecified atom stereocenters. The van der Waals surface area contributed by atoms with Gasteiger partial charge in [-0.05, 0) is 60.7 Å². The molecule has 0 spiro atoms. The Hall–Kier alpha value is -6.12. The Kier molecular flexibility index (Phi) is 11.8. The molecule has 0 radical (unpaired) electrons. The van der Waals surface area contributed by atoms with E-state index in [1.165, 1.54) is 50.6 Å². The number of nitrogens with one attached hydrogen (secondary N) is 1. The number of ether oxygens (including phenoxy) is 6. The minimum Gasteiger partial charge on any atom is -0.493 e. The van der Waals surface area contributed by atoms with E-state index in [-0.39, 0.29) is 39.8 Å². The van der Waals surface area contributed by atoms with E-state index in [1.807, 2.05) is 19.0 Å². The summed E-state index contributed by atoms with van der Waals surface area (Å²) < 4.78 is 30.9. The van der Waals surface area contributed by atoms with Gasteiger partial charge >= 0.3 is 29.8 Å². The van der Waals surface area contributed by atoms with E-state index in [2.05, 4.69) is 5.32 Å². The van der Waals surface area contributed by atoms with Gasteiger partial charge in [-0.2, -0.15) is 0 Å². The predicted octanol–water partition coefficient (Wildman–Crippen LogP) is 3.09. The fraction of sp³-hybridized carbons (Fsp3) is 0.250. The van der Waals surface area contributed by atoms with Crippen LogP contribution >= 0.6 is 0 Å². The molecule has 0 heterocycles. The molecule has 0 aliphatic rings. The minimum atomic E-state index is -2.35. The van der Waals surface area contributed by atoms with Crippen LogP contribution in [0.15, 0.2) is 60.7 Å². The van der Waals surface area contributed by atoms with Crippen molar-refractivity contribution >= 4 is 47.1 Å². The van der Waals surface area contributed by atoms with Crippen LogP contribution in [0.5, 0.6) is 23.0 Å². The largest absolute Gasteiger partial charge is 0.493 e. The molecule has 0 saturated heterocycles. The molecule has 0 saturated carbocycles. The van der Waals surface area contributed by atoms with Crippen molar-refractivity contribution in [2.45, 2.75) is 26.1 Å². The number of aliphatic carboxylic acids is 1. The number of nitrogens with zero attached hydrogens (tertiary/aromatic N) is 1. The van der Waals surface area contributed by atoms with Gasteiger partial charge in [0.15, 0.2) is 23.0 Å². The van der Waals surface area contributed by atoms with Crippen LogP contribution in [0.4, 0.5) is 11.4 Å². The third-order valence-electron chi connectivity index (χ3n) is 6.20. The van der Waals surface area contributed by atoms with Gasteiger partial charge in [-0.3, -0.25) is 14.4 Å². The first-order chi connectivity index (χ1) is 22.2. The van der Waals surface area contributed by atoms with Crippen LogP contribution in [-0.4, -0.2) is 81.4 Å². The van der Waals surface area contributed by atoms with Crippen molar-refractivity contribution in [2.24, 2.45) is 0 Å². The first-order valence-corrected chi connectivity index (χ1v) is 13.7. The van der Waals surface area contributed by atoms with Crippen molar-refractivity contribution in [3.63, 3.8) is 0 Å². The number of benzene rings is 3. The molecule has 2 N–H and O–H groups in total. The van der Waals surface area contributed by atoms with Crippen molar-refractivity contribution in [1.29, 1.82) is 0 Å². The summed E-state index contributed by atoms with van der Waals surface area (Å²) in [4.78, 5) is 76.9. The first-order valence-electron chi connectivity index (χ1n) is 13.7. The van der Waals surface area contributed by atoms with Gasteiger partial charge in [0.1, 0.15) is 0 Å². The summed E-state index contributed by atoms with van der Waals surface area (Å²) in [5, 5.41) is 12.5. The predicted molar refractivity (Wildman–Crippen MR) is 164 cm³/mol. The fourth-order valence-electron chi connectivity index (χ4n) is 3.98. The van der Waals surface area contributed by atoms with E-state index >= 15 is 0 Å². The maximum atomic E-state index is 13.5. The Morgan fingerprint density at radius 2 is 1.11 bits per heavy atom. The molecule has 3 aromatic rings. The summed E-state index contributed by atoms with van der Waals surface area (Å²) in [6.45, 7) is 2.32. The number of rotatable bonds is 13. The Balaban J connectivity index is 1.98. The molecule has 3 aromatic carbocycles. The third-order valence-corrected chi connectivity index (χ3v) is 6.20. The van der Waals surface area contributed by atoms with E-state index < -0.39 is 48.0 Å². The quantitative estimate of drug-likeness (QED) is 0.202. The van der Waals surface area contributed by atoms with Gasteiger partial charge in [0.2, 0.25) is 12.2 Å². The molecule has 0 aliphatic carbocycles. The van der Waals surface area contributed by atoms with Crippen molar-refractivity contribution in [3.05, 3.63) is 71.8 Å². The highest BCUT2D eigenvalue weighted by Gasteiger charge is 2.41. The van der Waals surface area contributed by atoms with Crippen molar-refractivity contribution in [3.8, 4) is 23.0 Å². The Labute approximate surface area is 268 Å². The first kappa shape index (κ1) is 35.4. The highest BCUT2D eigenvalue weighted by Crippen LogP contribution is 2.30. The second-order valence-electron chi connectivity index (χ2n) is 9.84. The Morgan fingerprint density at radius 1 is 0.660 bits per heavy atom. The highest BCUT2D eigenvalue weighted by atomic mass is 16.6. The highest BCUT2D eigenvalue weighted by molar-refractivity contribution is 6.02. The van der Waals surface area contributed by atoms with E-state index in [4.69, 9.17) is 28.4 Å². The van der Waals surface area contributed by atoms with Crippen LogP contribution in [-0.2, 0) is 28.7 Å². The molecule has 2 atom stereocenters. The summed E-state index contributed by atoms with van der Waals surface area (Å²) >= 11 is 0. The zero-order valence-electron chi connectivity index (χ0n) is 26.2. The maximum absolute atomic E-state index is 13.5. The second-order valence-corrected chi connectivity index (χ2v) is 9.84. The molecule has 248 valence electrons. The number of carboxylic acid groups (broad SMARTS) is 1. The lowest BCUT2D eigenvalue weighted by Crippen LogP contribution is -2.48. The Bertz CT molecular complexity index is 1670. The number of hydrogen-bond donors (Lipinski definition) is 2. The van der Waals surface area contributed by atoms with Gasteiger partial charge in [-0.25, -0.2) is 14.4 Å². The molecule has 47 heavy (non-hydrogen) atoms. The Morgan fingerprint density at radius 3 is 1.49 bits per heavy atom. The molecule has 0 bridgehead atoms. The molecule has 0 aromatic heterocycles. The number of methoxy groups -OCH3 is 2. The van der Waals surface area contributed by atoms with Crippen molar-refractivity contribution in [2.75, 3.05) is 38.5 Å². The molecule has 0 fully saturated rings. The number of carbonyl (C=O) groups excluding carboxylic acids is 5. The topological polar surface area (TPSA) is 193 Å². The molecule has 0 aliphatic heterocycles. The van der Waals surface area contributed by atoms with Gasteiger partial charge < -0.3 is 43.7 Å². The van der Waals surface area contributed by atoms with E-state index in [1.54, 1.807) is 12.1 Å². The average Bonchev–Trinajstić information content (AvgIpc) is 3.02. The van der Waals surface area contributed by atoms with Crippen LogP contribution in [0.3, 0.4) is 0 Å². The second kappa shape index (κ2) is 15.7. The third kappa shape index (κ3) is 9.43. The number of anilines is 2. The van der Waals surface area contributed by atoms with Crippen molar-refractivity contribution < 1.29 is 62.3 Å². The number of carboxylic acids is 1. The van der Waals surface area contributed by atoms with Crippen LogP contribution in [0, 0.1) is 0 Å². The summed E-state index contributed by atoms with van der Waals surface area (Å²) in [5.41, 5.74) is 0.562. The standard InChI is InChI=1S/C32H32N2O13/c1-17(35)44-23-13-7-19(15-25(23)42-5)31(40)46-27(29(37)33-21-9-11-22(12-10-21)34(3)4)28(30(38)39)47-32(41)20-8-14-24(45-18(2)36)26(16-20)43-6/h7-16,27-28H,1-6H3,(H,33,37)(H,38,39)/t27-,28+/m1/s1. The van der Waals surface area contributed by atoms with Gasteiger partial charge in [0, 0.05) is 39.3 Å². The normalized spacial score (nSPS) is 11.6. The SMILES string of the molecule is COc1cc(C(=O)O[C@H](C(=O)O)[C@@H](OC(=O)c2ccc(OC(C)=O)c(OC)c2)C(=O)Nc2ccc(N(C)C)cc2)ccc1OC(C)=O. The van der Waals surface area contributed by atoms with E-state index in [9.17, 15) is 33.9 Å². The summed E-state index contributed by atoms with van der Waals surface area (Å²) in [6.07, 6.45) is -4.58. The zero-order valence-corrected chi connectivity index (χ0v) is 26.2. The number of carbonyl (C=O) groups is 6. The minimum absolute atomic E-state index is 0.0143. The molecule has 15 heteroatoms. The summed E-state index contributed by atoms with van der Waals surface area (Å²) in [5.74, 6) is -6.82. The van der Waals surface area contributed by atoms with Crippen LogP contribution in [0.2, 0.25) is 0 Å². The summed E-state index contributed by atoms with van der Waals surface area (Å²) in [7, 11) is 6.11. The number of esters is 4. The smallest absolute Gasteiger partial charge is 0.349 e. The maximum Gasteiger partial charge on any atom is 0.349 e. The summed E-state index contributed by atoms with van der Waals surface area (Å²) in [6, 6.07) is 13.5. The monoisotopic (exact) mass is 652 g/mol. The average molecular weight is 653 g/mol. The lowest BCUT2D eigenvalue weighted by Gasteiger charge is -2.24. The van der Waals surface area contributed by atoms with E-state index in [0.29, 0.717) is 0 Å². The number of hydrogen-bond acceptors (Lipinski definition) is 13. The van der Waals surface area contributed by atoms with Crippen molar-refractivity contribution in [1.82, 2.24) is 0 Å². The van der Waals surface area contributed by atoms with Gasteiger partial charge in [0.05, 0.1) is 25.3 Å².